The molecule has 0 aromatic heterocycles. The first-order chi connectivity index (χ1) is 4.83. The van der Waals surface area contributed by atoms with Gasteiger partial charge in [0.05, 0.1) is 12.2 Å². The Morgan fingerprint density at radius 1 is 1.40 bits per heavy atom. The van der Waals surface area contributed by atoms with Crippen molar-refractivity contribution in [3.63, 3.8) is 0 Å². The van der Waals surface area contributed by atoms with E-state index in [4.69, 9.17) is 9.47 Å². The molecule has 2 bridgehead atoms. The van der Waals surface area contributed by atoms with Crippen LogP contribution in [0.1, 0.15) is 12.8 Å². The monoisotopic (exact) mass is 144 g/mol. The standard InChI is InChI=1S/C7H12O3/c1-9-7-5-3-2-4(10-5)6(7)8/h4-8H,2-3H2,1H3/t4-,5+,6+,7-/m0/s1. The predicted octanol–water partition coefficient (Wildman–Crippen LogP) is -0.0765. The van der Waals surface area contributed by atoms with Crippen LogP contribution in [0.2, 0.25) is 0 Å². The first-order valence-electron chi connectivity index (χ1n) is 3.69. The molecule has 3 nitrogen and oxygen atoms in total. The fraction of sp³-hybridized carbons (Fsp3) is 1.00. The average Bonchev–Trinajstić information content (AvgIpc) is 2.46. The molecule has 0 unspecified atom stereocenters. The molecule has 3 heteroatoms. The van der Waals surface area contributed by atoms with Crippen LogP contribution in [0.5, 0.6) is 0 Å². The van der Waals surface area contributed by atoms with Gasteiger partial charge >= 0.3 is 0 Å². The first kappa shape index (κ1) is 6.58. The Kier molecular flexibility index (Phi) is 1.44. The second-order valence-electron chi connectivity index (χ2n) is 2.98. The van der Waals surface area contributed by atoms with Gasteiger partial charge in [-0.15, -0.1) is 0 Å². The Morgan fingerprint density at radius 2 is 2.10 bits per heavy atom. The minimum Gasteiger partial charge on any atom is -0.388 e. The molecule has 2 rings (SSSR count). The largest absolute Gasteiger partial charge is 0.388 e. The van der Waals surface area contributed by atoms with E-state index in [0.717, 1.165) is 12.8 Å². The summed E-state index contributed by atoms with van der Waals surface area (Å²) in [5.74, 6) is 0. The Balaban J connectivity index is 2.10. The molecule has 0 saturated carbocycles. The van der Waals surface area contributed by atoms with Crippen LogP contribution in [-0.2, 0) is 9.47 Å². The second-order valence-corrected chi connectivity index (χ2v) is 2.98. The first-order valence-corrected chi connectivity index (χ1v) is 3.69. The highest BCUT2D eigenvalue weighted by Gasteiger charge is 2.48. The zero-order chi connectivity index (χ0) is 7.14. The molecule has 0 amide bonds. The van der Waals surface area contributed by atoms with Gasteiger partial charge in [-0.05, 0) is 12.8 Å². The molecule has 0 aromatic rings. The van der Waals surface area contributed by atoms with Gasteiger partial charge < -0.3 is 14.6 Å². The molecule has 2 saturated heterocycles. The van der Waals surface area contributed by atoms with Crippen LogP contribution in [0, 0.1) is 0 Å². The molecule has 58 valence electrons. The fourth-order valence-corrected chi connectivity index (χ4v) is 1.90. The van der Waals surface area contributed by atoms with Crippen molar-refractivity contribution >= 4 is 0 Å². The van der Waals surface area contributed by atoms with Gasteiger partial charge in [-0.25, -0.2) is 0 Å². The predicted molar refractivity (Wildman–Crippen MR) is 34.7 cm³/mol. The number of hydrogen-bond donors (Lipinski definition) is 1. The van der Waals surface area contributed by atoms with E-state index in [1.54, 1.807) is 7.11 Å². The highest BCUT2D eigenvalue weighted by atomic mass is 16.6. The van der Waals surface area contributed by atoms with E-state index >= 15 is 0 Å². The molecule has 0 aromatic carbocycles. The number of rotatable bonds is 1. The Morgan fingerprint density at radius 3 is 2.50 bits per heavy atom. The van der Waals surface area contributed by atoms with Crippen LogP contribution in [0.15, 0.2) is 0 Å². The SMILES string of the molecule is CO[C@@H]1[C@H](O)[C@@H]2CC[C@H]1O2. The summed E-state index contributed by atoms with van der Waals surface area (Å²) in [7, 11) is 1.62. The Hall–Kier alpha value is -0.120. The maximum absolute atomic E-state index is 9.43. The van der Waals surface area contributed by atoms with Crippen LogP contribution in [0.25, 0.3) is 0 Å². The summed E-state index contributed by atoms with van der Waals surface area (Å²) in [5.41, 5.74) is 0. The van der Waals surface area contributed by atoms with E-state index in [2.05, 4.69) is 0 Å². The van der Waals surface area contributed by atoms with E-state index in [9.17, 15) is 5.11 Å². The van der Waals surface area contributed by atoms with Crippen molar-refractivity contribution in [2.75, 3.05) is 7.11 Å². The summed E-state index contributed by atoms with van der Waals surface area (Å²) in [6.07, 6.45) is 1.79. The highest BCUT2D eigenvalue weighted by Crippen LogP contribution is 2.35. The quantitative estimate of drug-likeness (QED) is 0.559. The molecular formula is C7H12O3. The second kappa shape index (κ2) is 2.19. The van der Waals surface area contributed by atoms with Crippen LogP contribution in [-0.4, -0.2) is 36.6 Å². The van der Waals surface area contributed by atoms with Gasteiger partial charge in [-0.1, -0.05) is 0 Å². The lowest BCUT2D eigenvalue weighted by atomic mass is 9.95. The molecule has 10 heavy (non-hydrogen) atoms. The maximum Gasteiger partial charge on any atom is 0.112 e. The smallest absolute Gasteiger partial charge is 0.112 e. The highest BCUT2D eigenvalue weighted by molar-refractivity contribution is 4.97. The molecule has 0 radical (unpaired) electrons. The molecule has 4 atom stereocenters. The summed E-state index contributed by atoms with van der Waals surface area (Å²) in [4.78, 5) is 0. The lowest BCUT2D eigenvalue weighted by Crippen LogP contribution is -2.38. The molecular weight excluding hydrogens is 132 g/mol. The van der Waals surface area contributed by atoms with E-state index in [1.165, 1.54) is 0 Å². The molecule has 1 N–H and O–H groups in total. The van der Waals surface area contributed by atoms with E-state index in [0.29, 0.717) is 0 Å². The van der Waals surface area contributed by atoms with Gasteiger partial charge in [0.15, 0.2) is 0 Å². The van der Waals surface area contributed by atoms with E-state index < -0.39 is 0 Å². The van der Waals surface area contributed by atoms with E-state index in [-0.39, 0.29) is 24.4 Å². The van der Waals surface area contributed by atoms with Crippen molar-refractivity contribution in [3.05, 3.63) is 0 Å². The fourth-order valence-electron chi connectivity index (χ4n) is 1.90. The average molecular weight is 144 g/mol. The van der Waals surface area contributed by atoms with Crippen LogP contribution in [0.3, 0.4) is 0 Å². The maximum atomic E-state index is 9.43. The zero-order valence-electron chi connectivity index (χ0n) is 5.99. The molecule has 0 spiro atoms. The molecule has 2 aliphatic rings. The minimum absolute atomic E-state index is 0.0509. The normalized spacial score (nSPS) is 52.2. The Bertz CT molecular complexity index is 135. The van der Waals surface area contributed by atoms with Crippen molar-refractivity contribution in [3.8, 4) is 0 Å². The Labute approximate surface area is 59.9 Å². The van der Waals surface area contributed by atoms with Crippen molar-refractivity contribution in [2.24, 2.45) is 0 Å². The van der Waals surface area contributed by atoms with Crippen LogP contribution >= 0.6 is 0 Å². The lowest BCUT2D eigenvalue weighted by molar-refractivity contribution is -0.0183. The van der Waals surface area contributed by atoms with Gasteiger partial charge in [0.1, 0.15) is 12.2 Å². The summed E-state index contributed by atoms with van der Waals surface area (Å²) >= 11 is 0. The van der Waals surface area contributed by atoms with Gasteiger partial charge in [0.25, 0.3) is 0 Å². The summed E-state index contributed by atoms with van der Waals surface area (Å²) < 4.78 is 10.5. The van der Waals surface area contributed by atoms with Crippen molar-refractivity contribution in [2.45, 2.75) is 37.3 Å². The number of aliphatic hydroxyl groups is 1. The molecule has 2 heterocycles. The van der Waals surface area contributed by atoms with E-state index in [1.807, 2.05) is 0 Å². The number of ether oxygens (including phenoxy) is 2. The summed E-state index contributed by atoms with van der Waals surface area (Å²) in [6.45, 7) is 0. The number of methoxy groups -OCH3 is 1. The molecule has 2 fully saturated rings. The van der Waals surface area contributed by atoms with Crippen molar-refractivity contribution in [1.29, 1.82) is 0 Å². The number of aliphatic hydroxyl groups excluding tert-OH is 1. The van der Waals surface area contributed by atoms with Gasteiger partial charge in [0.2, 0.25) is 0 Å². The topological polar surface area (TPSA) is 38.7 Å². The number of hydrogen-bond acceptors (Lipinski definition) is 3. The van der Waals surface area contributed by atoms with Crippen LogP contribution < -0.4 is 0 Å². The van der Waals surface area contributed by atoms with Gasteiger partial charge in [-0.3, -0.25) is 0 Å². The summed E-state index contributed by atoms with van der Waals surface area (Å²) in [6, 6.07) is 0. The summed E-state index contributed by atoms with van der Waals surface area (Å²) in [5, 5.41) is 9.43. The van der Waals surface area contributed by atoms with Gasteiger partial charge in [0, 0.05) is 7.11 Å². The third-order valence-electron chi connectivity index (χ3n) is 2.44. The minimum atomic E-state index is -0.385. The molecule has 0 aliphatic carbocycles. The third kappa shape index (κ3) is 0.713. The lowest BCUT2D eigenvalue weighted by Gasteiger charge is -2.21. The van der Waals surface area contributed by atoms with Crippen LogP contribution in [0.4, 0.5) is 0 Å². The zero-order valence-corrected chi connectivity index (χ0v) is 5.99. The third-order valence-corrected chi connectivity index (χ3v) is 2.44. The molecule has 2 aliphatic heterocycles. The van der Waals surface area contributed by atoms with Crippen molar-refractivity contribution < 1.29 is 14.6 Å². The van der Waals surface area contributed by atoms with Crippen molar-refractivity contribution in [1.82, 2.24) is 0 Å². The number of fused-ring (bicyclic) bond motifs is 2. The van der Waals surface area contributed by atoms with Gasteiger partial charge in [-0.2, -0.15) is 0 Å².